The molecule has 2 N–H and O–H groups in total. The Balaban J connectivity index is 2.22. The second-order valence-electron chi connectivity index (χ2n) is 7.51. The van der Waals surface area contributed by atoms with E-state index in [9.17, 15) is 14.4 Å². The molecule has 2 aromatic rings. The molecule has 0 bridgehead atoms. The van der Waals surface area contributed by atoms with Crippen molar-refractivity contribution in [1.82, 2.24) is 20.6 Å². The lowest BCUT2D eigenvalue weighted by Crippen LogP contribution is -2.53. The smallest absolute Gasteiger partial charge is 0.328 e. The van der Waals surface area contributed by atoms with Crippen LogP contribution in [0.5, 0.6) is 23.5 Å². The number of carbonyl (C=O) groups excluding carboxylic acids is 3. The summed E-state index contributed by atoms with van der Waals surface area (Å²) in [5.74, 6) is -1.29. The van der Waals surface area contributed by atoms with Gasteiger partial charge in [-0.15, -0.1) is 0 Å². The molecule has 1 aromatic carbocycles. The first kappa shape index (κ1) is 26.4. The van der Waals surface area contributed by atoms with Crippen LogP contribution >= 0.6 is 0 Å². The number of nitrogens with one attached hydrogen (secondary N) is 2. The summed E-state index contributed by atoms with van der Waals surface area (Å²) in [7, 11) is 2.87. The number of ether oxygens (including phenoxy) is 4. The highest BCUT2D eigenvalue weighted by atomic mass is 16.5. The van der Waals surface area contributed by atoms with E-state index in [-0.39, 0.29) is 41.6 Å². The summed E-state index contributed by atoms with van der Waals surface area (Å²) in [6.45, 7) is 6.94. The van der Waals surface area contributed by atoms with Crippen molar-refractivity contribution in [1.29, 1.82) is 0 Å². The number of amides is 2. The molecule has 2 atom stereocenters. The van der Waals surface area contributed by atoms with Gasteiger partial charge in [0.05, 0.1) is 32.5 Å². The van der Waals surface area contributed by atoms with E-state index >= 15 is 0 Å². The Morgan fingerprint density at radius 2 is 1.59 bits per heavy atom. The molecular formula is C23H30N4O7. The number of hydrogen-bond acceptors (Lipinski definition) is 9. The van der Waals surface area contributed by atoms with Gasteiger partial charge in [-0.3, -0.25) is 9.59 Å². The van der Waals surface area contributed by atoms with Gasteiger partial charge in [0.15, 0.2) is 0 Å². The number of para-hydroxylation sites is 1. The van der Waals surface area contributed by atoms with Crippen LogP contribution in [0.2, 0.25) is 0 Å². The van der Waals surface area contributed by atoms with E-state index in [1.165, 1.54) is 27.2 Å². The van der Waals surface area contributed by atoms with Gasteiger partial charge in [-0.2, -0.15) is 9.97 Å². The predicted molar refractivity (Wildman–Crippen MR) is 122 cm³/mol. The topological polar surface area (TPSA) is 138 Å². The van der Waals surface area contributed by atoms with Crippen LogP contribution in [0, 0.1) is 5.92 Å². The maximum atomic E-state index is 13.1. The van der Waals surface area contributed by atoms with Crippen molar-refractivity contribution in [3.05, 3.63) is 35.9 Å². The molecule has 11 nitrogen and oxygen atoms in total. The van der Waals surface area contributed by atoms with Crippen molar-refractivity contribution < 1.29 is 33.3 Å². The van der Waals surface area contributed by atoms with Crippen molar-refractivity contribution in [3.8, 4) is 23.5 Å². The number of methoxy groups -OCH3 is 2. The molecule has 1 heterocycles. The van der Waals surface area contributed by atoms with Crippen LogP contribution < -0.4 is 24.8 Å². The number of nitrogens with zero attached hydrogens (tertiary/aromatic N) is 2. The molecule has 0 spiro atoms. The summed E-state index contributed by atoms with van der Waals surface area (Å²) in [4.78, 5) is 45.9. The van der Waals surface area contributed by atoms with Gasteiger partial charge in [-0.05, 0) is 31.9 Å². The van der Waals surface area contributed by atoms with Crippen molar-refractivity contribution in [3.63, 3.8) is 0 Å². The lowest BCUT2D eigenvalue weighted by Gasteiger charge is -2.24. The summed E-state index contributed by atoms with van der Waals surface area (Å²) in [5, 5.41) is 5.28. The minimum atomic E-state index is -0.911. The molecule has 0 fully saturated rings. The second-order valence-corrected chi connectivity index (χ2v) is 7.51. The van der Waals surface area contributed by atoms with E-state index < -0.39 is 29.9 Å². The standard InChI is InChI=1S/C23H30N4O7/c1-7-33-22(30)14(4)24-21(29)19(13(2)3)27-20(28)15-10-8-9-11-16(15)34-23-25-17(31-5)12-18(26-23)32-6/h8-14,19H,7H2,1-6H3,(H,24,29)(H,27,28)/t14-,19-/m0/s1. The molecule has 184 valence electrons. The largest absolute Gasteiger partial charge is 0.481 e. The zero-order valence-electron chi connectivity index (χ0n) is 20.1. The molecule has 0 saturated heterocycles. The number of esters is 1. The second kappa shape index (κ2) is 12.4. The quantitative estimate of drug-likeness (QED) is 0.469. The highest BCUT2D eigenvalue weighted by Gasteiger charge is 2.28. The Morgan fingerprint density at radius 3 is 2.15 bits per heavy atom. The summed E-state index contributed by atoms with van der Waals surface area (Å²) >= 11 is 0. The van der Waals surface area contributed by atoms with Gasteiger partial charge in [0.1, 0.15) is 17.8 Å². The fourth-order valence-electron chi connectivity index (χ4n) is 2.86. The Kier molecular flexibility index (Phi) is 9.60. The molecule has 2 rings (SSSR count). The highest BCUT2D eigenvalue weighted by Crippen LogP contribution is 2.26. The normalized spacial score (nSPS) is 12.3. The van der Waals surface area contributed by atoms with E-state index in [0.29, 0.717) is 0 Å². The van der Waals surface area contributed by atoms with Crippen molar-refractivity contribution >= 4 is 17.8 Å². The van der Waals surface area contributed by atoms with Gasteiger partial charge in [0.25, 0.3) is 5.91 Å². The fourth-order valence-corrected chi connectivity index (χ4v) is 2.86. The van der Waals surface area contributed by atoms with Crippen LogP contribution in [0.15, 0.2) is 30.3 Å². The lowest BCUT2D eigenvalue weighted by molar-refractivity contribution is -0.147. The van der Waals surface area contributed by atoms with Crippen LogP contribution in [0.3, 0.4) is 0 Å². The number of benzene rings is 1. The molecule has 0 unspecified atom stereocenters. The van der Waals surface area contributed by atoms with Gasteiger partial charge in [0, 0.05) is 0 Å². The highest BCUT2D eigenvalue weighted by molar-refractivity contribution is 6.00. The Hall–Kier alpha value is -3.89. The molecule has 0 radical (unpaired) electrons. The van der Waals surface area contributed by atoms with Crippen LogP contribution in [0.25, 0.3) is 0 Å². The molecular weight excluding hydrogens is 444 g/mol. The van der Waals surface area contributed by atoms with Crippen LogP contribution in [0.1, 0.15) is 38.1 Å². The van der Waals surface area contributed by atoms with E-state index in [1.807, 2.05) is 0 Å². The molecule has 11 heteroatoms. The summed E-state index contributed by atoms with van der Waals surface area (Å²) in [5.41, 5.74) is 0.157. The van der Waals surface area contributed by atoms with Gasteiger partial charge in [-0.25, -0.2) is 4.79 Å². The number of rotatable bonds is 11. The van der Waals surface area contributed by atoms with Crippen molar-refractivity contribution in [2.45, 2.75) is 39.8 Å². The zero-order chi connectivity index (χ0) is 25.3. The van der Waals surface area contributed by atoms with E-state index in [0.717, 1.165) is 0 Å². The first-order chi connectivity index (χ1) is 16.2. The SMILES string of the molecule is CCOC(=O)[C@H](C)NC(=O)[C@@H](NC(=O)c1ccccc1Oc1nc(OC)cc(OC)n1)C(C)C. The van der Waals surface area contributed by atoms with Gasteiger partial charge < -0.3 is 29.6 Å². The summed E-state index contributed by atoms with van der Waals surface area (Å²) < 4.78 is 20.9. The minimum absolute atomic E-state index is 0.0853. The van der Waals surface area contributed by atoms with Gasteiger partial charge in [-0.1, -0.05) is 26.0 Å². The summed E-state index contributed by atoms with van der Waals surface area (Å²) in [6, 6.07) is 6.06. The monoisotopic (exact) mass is 474 g/mol. The molecule has 0 saturated carbocycles. The van der Waals surface area contributed by atoms with Crippen molar-refractivity contribution in [2.24, 2.45) is 5.92 Å². The molecule has 0 aliphatic carbocycles. The molecule has 34 heavy (non-hydrogen) atoms. The van der Waals surface area contributed by atoms with Crippen LogP contribution in [0.4, 0.5) is 0 Å². The van der Waals surface area contributed by atoms with Gasteiger partial charge >= 0.3 is 12.0 Å². The maximum absolute atomic E-state index is 13.1. The maximum Gasteiger partial charge on any atom is 0.328 e. The molecule has 1 aromatic heterocycles. The average molecular weight is 475 g/mol. The first-order valence-electron chi connectivity index (χ1n) is 10.7. The van der Waals surface area contributed by atoms with E-state index in [1.54, 1.807) is 45.0 Å². The summed E-state index contributed by atoms with van der Waals surface area (Å²) in [6.07, 6.45) is 0. The molecule has 0 aliphatic rings. The van der Waals surface area contributed by atoms with Crippen LogP contribution in [-0.4, -0.2) is 60.7 Å². The number of hydrogen-bond donors (Lipinski definition) is 2. The van der Waals surface area contributed by atoms with Crippen molar-refractivity contribution in [2.75, 3.05) is 20.8 Å². The first-order valence-corrected chi connectivity index (χ1v) is 10.7. The Bertz CT molecular complexity index is 990. The lowest BCUT2D eigenvalue weighted by atomic mass is 10.0. The Labute approximate surface area is 198 Å². The van der Waals surface area contributed by atoms with E-state index in [4.69, 9.17) is 18.9 Å². The number of aromatic nitrogens is 2. The number of carbonyl (C=O) groups is 3. The third-order valence-corrected chi connectivity index (χ3v) is 4.64. The minimum Gasteiger partial charge on any atom is -0.481 e. The van der Waals surface area contributed by atoms with E-state index in [2.05, 4.69) is 20.6 Å². The predicted octanol–water partition coefficient (Wildman–Crippen LogP) is 2.11. The third-order valence-electron chi connectivity index (χ3n) is 4.64. The zero-order valence-corrected chi connectivity index (χ0v) is 20.1. The fraction of sp³-hybridized carbons (Fsp3) is 0.435. The van der Waals surface area contributed by atoms with Crippen LogP contribution in [-0.2, 0) is 14.3 Å². The average Bonchev–Trinajstić information content (AvgIpc) is 2.82. The molecule has 0 aliphatic heterocycles. The third kappa shape index (κ3) is 7.06. The molecule has 2 amide bonds. The Morgan fingerprint density at radius 1 is 0.971 bits per heavy atom. The van der Waals surface area contributed by atoms with Gasteiger partial charge in [0.2, 0.25) is 17.7 Å².